The van der Waals surface area contributed by atoms with Gasteiger partial charge in [0.05, 0.1) is 12.2 Å². The Balaban J connectivity index is 1.99. The van der Waals surface area contributed by atoms with Crippen LogP contribution < -0.4 is 10.1 Å². The van der Waals surface area contributed by atoms with Crippen molar-refractivity contribution in [2.24, 2.45) is 0 Å². The highest BCUT2D eigenvalue weighted by Gasteiger charge is 2.16. The number of anilines is 1. The lowest BCUT2D eigenvalue weighted by atomic mass is 10.2. The van der Waals surface area contributed by atoms with Crippen LogP contribution in [0.5, 0.6) is 5.75 Å². The summed E-state index contributed by atoms with van der Waals surface area (Å²) in [7, 11) is 0. The first kappa shape index (κ1) is 17.8. The molecule has 2 rings (SSSR count). The maximum atomic E-state index is 12.2. The van der Waals surface area contributed by atoms with Gasteiger partial charge in [0.2, 0.25) is 0 Å². The number of carbonyl (C=O) groups is 2. The van der Waals surface area contributed by atoms with Gasteiger partial charge in [-0.25, -0.2) is 4.79 Å². The number of ether oxygens (including phenoxy) is 2. The Morgan fingerprint density at radius 3 is 2.54 bits per heavy atom. The Labute approximate surface area is 145 Å². The Morgan fingerprint density at radius 2 is 1.88 bits per heavy atom. The molecule has 0 spiro atoms. The summed E-state index contributed by atoms with van der Waals surface area (Å²) in [5.41, 5.74) is 1.000. The molecule has 2 aromatic rings. The van der Waals surface area contributed by atoms with E-state index < -0.39 is 12.1 Å². The highest BCUT2D eigenvalue weighted by Crippen LogP contribution is 2.17. The number of rotatable bonds is 6. The van der Waals surface area contributed by atoms with Gasteiger partial charge in [0, 0.05) is 10.7 Å². The number of carbonyl (C=O) groups excluding carboxylic acids is 2. The fourth-order valence-corrected chi connectivity index (χ4v) is 2.07. The van der Waals surface area contributed by atoms with Crippen molar-refractivity contribution in [2.75, 3.05) is 11.9 Å². The summed E-state index contributed by atoms with van der Waals surface area (Å²) < 4.78 is 10.5. The molecule has 1 amide bonds. The molecule has 0 aliphatic rings. The van der Waals surface area contributed by atoms with Crippen LogP contribution in [-0.2, 0) is 9.53 Å². The molecule has 0 bridgehead atoms. The predicted octanol–water partition coefficient (Wildman–Crippen LogP) is 3.92. The summed E-state index contributed by atoms with van der Waals surface area (Å²) in [5.74, 6) is -0.320. The quantitative estimate of drug-likeness (QED) is 0.804. The predicted molar refractivity (Wildman–Crippen MR) is 92.6 cm³/mol. The number of benzene rings is 2. The van der Waals surface area contributed by atoms with E-state index in [2.05, 4.69) is 5.32 Å². The third-order valence-electron chi connectivity index (χ3n) is 3.14. The average Bonchev–Trinajstić information content (AvgIpc) is 2.57. The second-order valence-corrected chi connectivity index (χ2v) is 5.44. The van der Waals surface area contributed by atoms with E-state index in [0.29, 0.717) is 28.6 Å². The molecule has 1 atom stereocenters. The van der Waals surface area contributed by atoms with E-state index in [4.69, 9.17) is 21.1 Å². The zero-order valence-electron chi connectivity index (χ0n) is 13.4. The van der Waals surface area contributed by atoms with Crippen LogP contribution in [-0.4, -0.2) is 24.6 Å². The first-order valence-corrected chi connectivity index (χ1v) is 7.87. The maximum absolute atomic E-state index is 12.2. The molecule has 0 saturated carbocycles. The zero-order chi connectivity index (χ0) is 17.5. The molecule has 126 valence electrons. The van der Waals surface area contributed by atoms with Gasteiger partial charge < -0.3 is 14.8 Å². The number of halogens is 1. The number of hydrogen-bond acceptors (Lipinski definition) is 4. The van der Waals surface area contributed by atoms with E-state index in [9.17, 15) is 9.59 Å². The molecule has 0 aromatic heterocycles. The normalized spacial score (nSPS) is 11.5. The topological polar surface area (TPSA) is 64.6 Å². The number of hydrogen-bond donors (Lipinski definition) is 1. The van der Waals surface area contributed by atoms with Crippen molar-refractivity contribution in [3.8, 4) is 5.75 Å². The molecule has 1 N–H and O–H groups in total. The lowest BCUT2D eigenvalue weighted by molar-refractivity contribution is -0.122. The average molecular weight is 348 g/mol. The van der Waals surface area contributed by atoms with Crippen LogP contribution in [0.1, 0.15) is 24.2 Å². The van der Waals surface area contributed by atoms with Gasteiger partial charge in [-0.1, -0.05) is 17.7 Å². The molecule has 6 heteroatoms. The number of nitrogens with one attached hydrogen (secondary N) is 1. The van der Waals surface area contributed by atoms with Gasteiger partial charge in [0.25, 0.3) is 5.91 Å². The minimum atomic E-state index is -0.738. The van der Waals surface area contributed by atoms with Crippen molar-refractivity contribution in [3.63, 3.8) is 0 Å². The van der Waals surface area contributed by atoms with Crippen molar-refractivity contribution in [1.82, 2.24) is 0 Å². The largest absolute Gasteiger partial charge is 0.481 e. The van der Waals surface area contributed by atoms with E-state index in [1.807, 2.05) is 0 Å². The summed E-state index contributed by atoms with van der Waals surface area (Å²) in [6, 6.07) is 13.3. The highest BCUT2D eigenvalue weighted by molar-refractivity contribution is 6.30. The molecule has 0 aliphatic carbocycles. The van der Waals surface area contributed by atoms with Gasteiger partial charge in [0.15, 0.2) is 6.10 Å². The molecule has 0 radical (unpaired) electrons. The van der Waals surface area contributed by atoms with Crippen LogP contribution in [0.4, 0.5) is 5.69 Å². The summed E-state index contributed by atoms with van der Waals surface area (Å²) in [5, 5.41) is 3.32. The van der Waals surface area contributed by atoms with E-state index in [0.717, 1.165) is 0 Å². The molecule has 2 aromatic carbocycles. The molecular weight excluding hydrogens is 330 g/mol. The van der Waals surface area contributed by atoms with Crippen LogP contribution in [0.2, 0.25) is 5.02 Å². The maximum Gasteiger partial charge on any atom is 0.338 e. The first-order chi connectivity index (χ1) is 11.5. The van der Waals surface area contributed by atoms with Gasteiger partial charge >= 0.3 is 5.97 Å². The van der Waals surface area contributed by atoms with Crippen LogP contribution in [0.3, 0.4) is 0 Å². The Bertz CT molecular complexity index is 715. The molecule has 0 aliphatic heterocycles. The minimum absolute atomic E-state index is 0.295. The van der Waals surface area contributed by atoms with Gasteiger partial charge in [-0.05, 0) is 56.3 Å². The number of amides is 1. The molecule has 0 fully saturated rings. The summed E-state index contributed by atoms with van der Waals surface area (Å²) in [6.07, 6.45) is -0.738. The summed E-state index contributed by atoms with van der Waals surface area (Å²) >= 11 is 5.81. The van der Waals surface area contributed by atoms with Gasteiger partial charge in [-0.2, -0.15) is 0 Å². The van der Waals surface area contributed by atoms with E-state index in [1.165, 1.54) is 0 Å². The first-order valence-electron chi connectivity index (χ1n) is 7.50. The van der Waals surface area contributed by atoms with Gasteiger partial charge in [-0.3, -0.25) is 4.79 Å². The second kappa shape index (κ2) is 8.36. The van der Waals surface area contributed by atoms with E-state index in [1.54, 1.807) is 62.4 Å². The standard InChI is InChI=1S/C18H18ClNO4/c1-3-23-18(22)13-5-4-6-16(11-13)24-12(2)17(21)20-15-9-7-14(19)8-10-15/h4-12H,3H2,1-2H3,(H,20,21). The van der Waals surface area contributed by atoms with Crippen molar-refractivity contribution in [1.29, 1.82) is 0 Å². The monoisotopic (exact) mass is 347 g/mol. The van der Waals surface area contributed by atoms with Crippen LogP contribution in [0.25, 0.3) is 0 Å². The summed E-state index contributed by atoms with van der Waals surface area (Å²) in [4.78, 5) is 23.9. The lowest BCUT2D eigenvalue weighted by Gasteiger charge is -2.15. The fourth-order valence-electron chi connectivity index (χ4n) is 1.95. The van der Waals surface area contributed by atoms with Crippen LogP contribution in [0, 0.1) is 0 Å². The zero-order valence-corrected chi connectivity index (χ0v) is 14.2. The third-order valence-corrected chi connectivity index (χ3v) is 3.39. The third kappa shape index (κ3) is 4.99. The fraction of sp³-hybridized carbons (Fsp3) is 0.222. The van der Waals surface area contributed by atoms with Crippen LogP contribution in [0.15, 0.2) is 48.5 Å². The van der Waals surface area contributed by atoms with Gasteiger partial charge in [-0.15, -0.1) is 0 Å². The van der Waals surface area contributed by atoms with Gasteiger partial charge in [0.1, 0.15) is 5.75 Å². The molecule has 1 unspecified atom stereocenters. The smallest absolute Gasteiger partial charge is 0.338 e. The molecule has 5 nitrogen and oxygen atoms in total. The van der Waals surface area contributed by atoms with E-state index in [-0.39, 0.29) is 5.91 Å². The van der Waals surface area contributed by atoms with E-state index >= 15 is 0 Å². The molecule has 0 heterocycles. The summed E-state index contributed by atoms with van der Waals surface area (Å²) in [6.45, 7) is 3.66. The Hall–Kier alpha value is -2.53. The Morgan fingerprint density at radius 1 is 1.17 bits per heavy atom. The highest BCUT2D eigenvalue weighted by atomic mass is 35.5. The molecule has 0 saturated heterocycles. The lowest BCUT2D eigenvalue weighted by Crippen LogP contribution is -2.30. The van der Waals surface area contributed by atoms with Crippen molar-refractivity contribution in [3.05, 3.63) is 59.1 Å². The second-order valence-electron chi connectivity index (χ2n) is 5.00. The van der Waals surface area contributed by atoms with Crippen molar-refractivity contribution >= 4 is 29.2 Å². The minimum Gasteiger partial charge on any atom is -0.481 e. The molecular formula is C18H18ClNO4. The van der Waals surface area contributed by atoms with Crippen molar-refractivity contribution in [2.45, 2.75) is 20.0 Å². The Kier molecular flexibility index (Phi) is 6.21. The van der Waals surface area contributed by atoms with Crippen LogP contribution >= 0.6 is 11.6 Å². The SMILES string of the molecule is CCOC(=O)c1cccc(OC(C)C(=O)Nc2ccc(Cl)cc2)c1. The molecule has 24 heavy (non-hydrogen) atoms. The number of esters is 1. The van der Waals surface area contributed by atoms with Crippen molar-refractivity contribution < 1.29 is 19.1 Å².